The molecule has 0 saturated carbocycles. The molecule has 0 aliphatic carbocycles. The van der Waals surface area contributed by atoms with Crippen molar-refractivity contribution in [2.24, 2.45) is 0 Å². The van der Waals surface area contributed by atoms with Crippen molar-refractivity contribution in [2.45, 2.75) is 0 Å². The van der Waals surface area contributed by atoms with Gasteiger partial charge in [0, 0.05) is 43.6 Å². The molecule has 4 nitrogen and oxygen atoms in total. The highest BCUT2D eigenvalue weighted by Crippen LogP contribution is 2.46. The van der Waals surface area contributed by atoms with Crippen LogP contribution in [-0.2, 0) is 0 Å². The second kappa shape index (κ2) is 12.7. The molecule has 0 spiro atoms. The quantitative estimate of drug-likeness (QED) is 0.179. The number of aromatic nitrogens is 4. The summed E-state index contributed by atoms with van der Waals surface area (Å²) in [7, 11) is 0. The number of rotatable bonds is 4. The fraction of sp³-hybridized carbons (Fsp3) is 0. The first-order valence-corrected chi connectivity index (χ1v) is 20.5. The summed E-state index contributed by atoms with van der Waals surface area (Å²) in [4.78, 5) is 10.7. The van der Waals surface area contributed by atoms with Crippen LogP contribution in [0.15, 0.2) is 206 Å². The Balaban J connectivity index is 1.15. The lowest BCUT2D eigenvalue weighted by Gasteiger charge is -2.16. The second-order valence-electron chi connectivity index (χ2n) is 15.7. The van der Waals surface area contributed by atoms with E-state index in [4.69, 9.17) is 9.97 Å². The van der Waals surface area contributed by atoms with Crippen molar-refractivity contribution >= 4 is 86.8 Å². The third-order valence-corrected chi connectivity index (χ3v) is 12.5. The van der Waals surface area contributed by atoms with Crippen molar-refractivity contribution < 1.29 is 0 Å². The van der Waals surface area contributed by atoms with Crippen LogP contribution in [0.5, 0.6) is 0 Å². The van der Waals surface area contributed by atoms with Crippen LogP contribution in [0.4, 0.5) is 0 Å². The van der Waals surface area contributed by atoms with Gasteiger partial charge in [0.2, 0.25) is 5.95 Å². The first-order valence-electron chi connectivity index (χ1n) is 20.5. The molecule has 4 heteroatoms. The van der Waals surface area contributed by atoms with E-state index in [2.05, 4.69) is 215 Å². The molecular formula is C56H34N4. The van der Waals surface area contributed by atoms with Crippen molar-refractivity contribution in [2.75, 3.05) is 0 Å². The molecule has 0 fully saturated rings. The van der Waals surface area contributed by atoms with Crippen LogP contribution < -0.4 is 0 Å². The number of fused-ring (bicyclic) bond motifs is 12. The van der Waals surface area contributed by atoms with E-state index in [0.717, 1.165) is 38.9 Å². The third kappa shape index (κ3) is 4.73. The van der Waals surface area contributed by atoms with Crippen molar-refractivity contribution in [3.63, 3.8) is 0 Å². The van der Waals surface area contributed by atoms with Crippen LogP contribution >= 0.6 is 0 Å². The standard InChI is InChI=1S/C56H34N4/c1-2-17-36(18-3-1)54-44-25-10-13-27-49(44)57-56(58-54)60-51-29-15-12-26-45(51)53-42-23-8-6-20-39(42)47(34-52(53)60)46-33-48-41-22-11-14-28-50(41)59(55(48)43-24-9-7-21-40(43)46)38-31-30-35-16-4-5-19-37(35)32-38/h1-34H. The molecule has 3 heterocycles. The van der Waals surface area contributed by atoms with Crippen LogP contribution in [0.2, 0.25) is 0 Å². The van der Waals surface area contributed by atoms with Gasteiger partial charge in [0.1, 0.15) is 0 Å². The number of benzene rings is 10. The van der Waals surface area contributed by atoms with Crippen LogP contribution in [0.25, 0.3) is 121 Å². The lowest BCUT2D eigenvalue weighted by atomic mass is 9.90. The summed E-state index contributed by atoms with van der Waals surface area (Å²) in [5.74, 6) is 0.652. The predicted molar refractivity (Wildman–Crippen MR) is 252 cm³/mol. The van der Waals surface area contributed by atoms with Gasteiger partial charge in [-0.2, -0.15) is 0 Å². The second-order valence-corrected chi connectivity index (χ2v) is 15.7. The molecule has 278 valence electrons. The molecule has 60 heavy (non-hydrogen) atoms. The van der Waals surface area contributed by atoms with Crippen molar-refractivity contribution in [3.05, 3.63) is 206 Å². The smallest absolute Gasteiger partial charge is 0.235 e. The summed E-state index contributed by atoms with van der Waals surface area (Å²) in [6.45, 7) is 0. The minimum atomic E-state index is 0.652. The zero-order chi connectivity index (χ0) is 39.3. The van der Waals surface area contributed by atoms with Gasteiger partial charge in [-0.3, -0.25) is 4.57 Å². The van der Waals surface area contributed by atoms with Gasteiger partial charge in [-0.05, 0) is 80.5 Å². The molecule has 0 atom stereocenters. The van der Waals surface area contributed by atoms with Crippen LogP contribution in [0.3, 0.4) is 0 Å². The van der Waals surface area contributed by atoms with Gasteiger partial charge in [-0.25, -0.2) is 9.97 Å². The molecule has 3 aromatic heterocycles. The number of para-hydroxylation sites is 3. The summed E-state index contributed by atoms with van der Waals surface area (Å²) in [6, 6.07) is 74.4. The number of nitrogens with zero attached hydrogens (tertiary/aromatic N) is 4. The van der Waals surface area contributed by atoms with Gasteiger partial charge in [0.15, 0.2) is 0 Å². The van der Waals surface area contributed by atoms with Crippen molar-refractivity contribution in [1.29, 1.82) is 0 Å². The van der Waals surface area contributed by atoms with E-state index in [1.807, 2.05) is 0 Å². The van der Waals surface area contributed by atoms with Crippen LogP contribution in [0, 0.1) is 0 Å². The number of hydrogen-bond acceptors (Lipinski definition) is 2. The van der Waals surface area contributed by atoms with Gasteiger partial charge in [0.05, 0.1) is 33.3 Å². The molecule has 13 aromatic rings. The summed E-state index contributed by atoms with van der Waals surface area (Å²) < 4.78 is 4.75. The van der Waals surface area contributed by atoms with E-state index in [0.29, 0.717) is 5.95 Å². The summed E-state index contributed by atoms with van der Waals surface area (Å²) in [5.41, 5.74) is 11.0. The van der Waals surface area contributed by atoms with E-state index in [-0.39, 0.29) is 0 Å². The highest BCUT2D eigenvalue weighted by atomic mass is 15.2. The van der Waals surface area contributed by atoms with E-state index in [1.165, 1.54) is 76.0 Å². The Morgan fingerprint density at radius 1 is 0.333 bits per heavy atom. The van der Waals surface area contributed by atoms with Gasteiger partial charge in [0.25, 0.3) is 0 Å². The van der Waals surface area contributed by atoms with Gasteiger partial charge in [-0.1, -0.05) is 164 Å². The molecule has 0 bridgehead atoms. The fourth-order valence-corrected chi connectivity index (χ4v) is 9.88. The Morgan fingerprint density at radius 2 is 0.917 bits per heavy atom. The minimum absolute atomic E-state index is 0.652. The molecule has 10 aromatic carbocycles. The SMILES string of the molecule is c1ccc(-c2nc(-n3c4ccccc4c4c5ccccc5c(-c5cc6c7ccccc7n(-c7ccc8ccccc8c7)c6c6ccccc56)cc43)nc3ccccc23)cc1. The van der Waals surface area contributed by atoms with E-state index in [9.17, 15) is 0 Å². The molecular weight excluding hydrogens is 729 g/mol. The maximum atomic E-state index is 5.42. The molecule has 0 amide bonds. The first kappa shape index (κ1) is 32.9. The molecule has 13 rings (SSSR count). The van der Waals surface area contributed by atoms with Crippen molar-refractivity contribution in [3.8, 4) is 34.0 Å². The molecule has 0 N–H and O–H groups in total. The maximum Gasteiger partial charge on any atom is 0.235 e. The molecule has 0 unspecified atom stereocenters. The zero-order valence-corrected chi connectivity index (χ0v) is 32.4. The van der Waals surface area contributed by atoms with Gasteiger partial charge >= 0.3 is 0 Å². The van der Waals surface area contributed by atoms with Gasteiger partial charge in [-0.15, -0.1) is 0 Å². The Hall–Kier alpha value is -8.08. The molecule has 0 saturated heterocycles. The lowest BCUT2D eigenvalue weighted by Crippen LogP contribution is -2.03. The Kier molecular flexibility index (Phi) is 6.98. The normalized spacial score (nSPS) is 12.0. The monoisotopic (exact) mass is 762 g/mol. The Morgan fingerprint density at radius 3 is 1.72 bits per heavy atom. The number of hydrogen-bond donors (Lipinski definition) is 0. The van der Waals surface area contributed by atoms with Crippen molar-refractivity contribution in [1.82, 2.24) is 19.1 Å². The first-order chi connectivity index (χ1) is 29.8. The lowest BCUT2D eigenvalue weighted by molar-refractivity contribution is 1.01. The predicted octanol–water partition coefficient (Wildman–Crippen LogP) is 14.6. The third-order valence-electron chi connectivity index (χ3n) is 12.5. The summed E-state index contributed by atoms with van der Waals surface area (Å²) >= 11 is 0. The van der Waals surface area contributed by atoms with Crippen LogP contribution in [-0.4, -0.2) is 19.1 Å². The highest BCUT2D eigenvalue weighted by Gasteiger charge is 2.23. The minimum Gasteiger partial charge on any atom is -0.309 e. The Labute approximate surface area is 344 Å². The average Bonchev–Trinajstić information content (AvgIpc) is 3.84. The largest absolute Gasteiger partial charge is 0.309 e. The topological polar surface area (TPSA) is 35.6 Å². The fourth-order valence-electron chi connectivity index (χ4n) is 9.88. The molecule has 0 aliphatic heterocycles. The summed E-state index contributed by atoms with van der Waals surface area (Å²) in [5, 5.41) is 13.1. The zero-order valence-electron chi connectivity index (χ0n) is 32.4. The molecule has 0 aliphatic rings. The average molecular weight is 763 g/mol. The summed E-state index contributed by atoms with van der Waals surface area (Å²) in [6.07, 6.45) is 0. The van der Waals surface area contributed by atoms with E-state index >= 15 is 0 Å². The van der Waals surface area contributed by atoms with E-state index in [1.54, 1.807) is 0 Å². The Bertz CT molecular complexity index is 3890. The van der Waals surface area contributed by atoms with Crippen LogP contribution in [0.1, 0.15) is 0 Å². The maximum absolute atomic E-state index is 5.42. The highest BCUT2D eigenvalue weighted by molar-refractivity contribution is 6.27. The van der Waals surface area contributed by atoms with E-state index < -0.39 is 0 Å². The molecule has 0 radical (unpaired) electrons. The van der Waals surface area contributed by atoms with Gasteiger partial charge < -0.3 is 4.57 Å².